The highest BCUT2D eigenvalue weighted by atomic mass is 16.7. The third-order valence-corrected chi connectivity index (χ3v) is 1.75. The van der Waals surface area contributed by atoms with E-state index in [1.807, 2.05) is 0 Å². The molecule has 10 nitrogen and oxygen atoms in total. The highest BCUT2D eigenvalue weighted by molar-refractivity contribution is 4.95. The van der Waals surface area contributed by atoms with Crippen molar-refractivity contribution in [1.82, 2.24) is 0 Å². The summed E-state index contributed by atoms with van der Waals surface area (Å²) >= 11 is 0. The van der Waals surface area contributed by atoms with Gasteiger partial charge in [0.1, 0.15) is 0 Å². The monoisotopic (exact) mass is 232 g/mol. The second kappa shape index (κ2) is 3.88. The molecule has 0 radical (unpaired) electrons. The molecular formula is C5H12O10. The minimum absolute atomic E-state index is 3.22. The fourth-order valence-corrected chi connectivity index (χ4v) is 0.631. The minimum Gasteiger partial charge on any atom is -0.364 e. The Labute approximate surface area is 82.1 Å². The number of aliphatic hydroxyl groups is 10. The van der Waals surface area contributed by atoms with Crippen LogP contribution in [0.4, 0.5) is 0 Å². The van der Waals surface area contributed by atoms with E-state index in [1.54, 1.807) is 0 Å². The van der Waals surface area contributed by atoms with Crippen molar-refractivity contribution in [3.8, 4) is 0 Å². The van der Waals surface area contributed by atoms with E-state index in [9.17, 15) is 0 Å². The molecule has 0 aliphatic heterocycles. The van der Waals surface area contributed by atoms with Crippen molar-refractivity contribution in [2.45, 2.75) is 29.9 Å². The average molecular weight is 232 g/mol. The lowest BCUT2D eigenvalue weighted by atomic mass is 9.95. The summed E-state index contributed by atoms with van der Waals surface area (Å²) < 4.78 is 0. The van der Waals surface area contributed by atoms with Crippen molar-refractivity contribution >= 4 is 0 Å². The Hall–Kier alpha value is -0.400. The maximum Gasteiger partial charge on any atom is 0.285 e. The number of hydrogen-bond donors (Lipinski definition) is 10. The van der Waals surface area contributed by atoms with E-state index < -0.39 is 29.9 Å². The summed E-state index contributed by atoms with van der Waals surface area (Å²) in [6.07, 6.45) is -6.44. The van der Waals surface area contributed by atoms with Gasteiger partial charge in [-0.25, -0.2) is 0 Å². The molecule has 0 aromatic carbocycles. The van der Waals surface area contributed by atoms with Crippen LogP contribution in [0.5, 0.6) is 0 Å². The van der Waals surface area contributed by atoms with E-state index in [2.05, 4.69) is 0 Å². The van der Waals surface area contributed by atoms with Gasteiger partial charge in [0, 0.05) is 0 Å². The molecule has 0 fully saturated rings. The van der Waals surface area contributed by atoms with Gasteiger partial charge in [-0.3, -0.25) is 0 Å². The molecule has 0 saturated heterocycles. The first kappa shape index (κ1) is 14.6. The van der Waals surface area contributed by atoms with Crippen molar-refractivity contribution in [2.75, 3.05) is 0 Å². The molecule has 10 N–H and O–H groups in total. The summed E-state index contributed by atoms with van der Waals surface area (Å²) in [4.78, 5) is 0. The molecule has 0 rings (SSSR count). The summed E-state index contributed by atoms with van der Waals surface area (Å²) in [7, 11) is 0. The van der Waals surface area contributed by atoms with Gasteiger partial charge in [-0.05, 0) is 0 Å². The lowest BCUT2D eigenvalue weighted by Gasteiger charge is -2.43. The molecule has 0 bridgehead atoms. The largest absolute Gasteiger partial charge is 0.364 e. The molecule has 0 unspecified atom stereocenters. The van der Waals surface area contributed by atoms with Crippen LogP contribution >= 0.6 is 0 Å². The summed E-state index contributed by atoms with van der Waals surface area (Å²) in [5.41, 5.74) is 0. The summed E-state index contributed by atoms with van der Waals surface area (Å²) in [6.45, 7) is 0. The Morgan fingerprint density at radius 2 is 0.733 bits per heavy atom. The van der Waals surface area contributed by atoms with E-state index in [4.69, 9.17) is 51.1 Å². The van der Waals surface area contributed by atoms with Crippen molar-refractivity contribution < 1.29 is 51.1 Å². The Morgan fingerprint density at radius 3 is 0.867 bits per heavy atom. The lowest BCUT2D eigenvalue weighted by Crippen LogP contribution is -2.75. The van der Waals surface area contributed by atoms with Crippen LogP contribution in [0.3, 0.4) is 0 Å². The van der Waals surface area contributed by atoms with E-state index in [0.717, 1.165) is 0 Å². The Morgan fingerprint density at radius 1 is 0.533 bits per heavy atom. The number of hydrogen-bond acceptors (Lipinski definition) is 10. The molecule has 0 atom stereocenters. The molecule has 0 aliphatic carbocycles. The third-order valence-electron chi connectivity index (χ3n) is 1.75. The molecule has 0 saturated carbocycles. The second-order valence-electron chi connectivity index (χ2n) is 2.87. The summed E-state index contributed by atoms with van der Waals surface area (Å²) in [6, 6.07) is 0. The zero-order valence-corrected chi connectivity index (χ0v) is 7.13. The van der Waals surface area contributed by atoms with Crippen LogP contribution in [0.15, 0.2) is 0 Å². The highest BCUT2D eigenvalue weighted by Gasteiger charge is 2.67. The van der Waals surface area contributed by atoms with Crippen LogP contribution in [-0.2, 0) is 0 Å². The van der Waals surface area contributed by atoms with E-state index in [0.29, 0.717) is 0 Å². The zero-order chi connectivity index (χ0) is 12.7. The van der Waals surface area contributed by atoms with Crippen LogP contribution in [0.1, 0.15) is 0 Å². The van der Waals surface area contributed by atoms with Crippen molar-refractivity contribution in [1.29, 1.82) is 0 Å². The smallest absolute Gasteiger partial charge is 0.285 e. The summed E-state index contributed by atoms with van der Waals surface area (Å²) in [5.74, 6) is -12.9. The zero-order valence-electron chi connectivity index (χ0n) is 7.13. The molecule has 0 aromatic heterocycles. The fourth-order valence-electron chi connectivity index (χ4n) is 0.631. The molecule has 10 heteroatoms. The third kappa shape index (κ3) is 2.09. The first-order valence-electron chi connectivity index (χ1n) is 3.45. The topological polar surface area (TPSA) is 202 Å². The van der Waals surface area contributed by atoms with Gasteiger partial charge in [0.25, 0.3) is 17.4 Å². The van der Waals surface area contributed by atoms with Crippen LogP contribution in [0.25, 0.3) is 0 Å². The van der Waals surface area contributed by atoms with E-state index in [1.165, 1.54) is 0 Å². The number of rotatable bonds is 4. The normalized spacial score (nSPS) is 15.2. The minimum atomic E-state index is -4.44. The van der Waals surface area contributed by atoms with Gasteiger partial charge >= 0.3 is 0 Å². The predicted octanol–water partition coefficient (Wildman–Crippen LogP) is -6.35. The Kier molecular flexibility index (Phi) is 3.77. The molecular weight excluding hydrogens is 220 g/mol. The average Bonchev–Trinajstić information content (AvgIpc) is 2.02. The van der Waals surface area contributed by atoms with Gasteiger partial charge in [-0.15, -0.1) is 0 Å². The number of aliphatic hydroxyl groups excluding tert-OH is 2. The van der Waals surface area contributed by atoms with Crippen molar-refractivity contribution in [2.24, 2.45) is 0 Å². The Bertz CT molecular complexity index is 196. The summed E-state index contributed by atoms with van der Waals surface area (Å²) in [5, 5.41) is 85.8. The van der Waals surface area contributed by atoms with Crippen LogP contribution in [-0.4, -0.2) is 81.0 Å². The molecule has 15 heavy (non-hydrogen) atoms. The van der Waals surface area contributed by atoms with Gasteiger partial charge in [0.2, 0.25) is 12.6 Å². The first-order chi connectivity index (χ1) is 6.39. The maximum absolute atomic E-state index is 8.83. The molecule has 0 aliphatic rings. The van der Waals surface area contributed by atoms with Crippen LogP contribution < -0.4 is 0 Å². The lowest BCUT2D eigenvalue weighted by molar-refractivity contribution is -0.504. The fraction of sp³-hybridized carbons (Fsp3) is 1.00. The van der Waals surface area contributed by atoms with Gasteiger partial charge in [0.15, 0.2) is 0 Å². The Balaban J connectivity index is 5.30. The molecule has 92 valence electrons. The first-order valence-corrected chi connectivity index (χ1v) is 3.45. The van der Waals surface area contributed by atoms with Crippen LogP contribution in [0.2, 0.25) is 0 Å². The maximum atomic E-state index is 8.83. The molecule has 0 amide bonds. The second-order valence-corrected chi connectivity index (χ2v) is 2.87. The highest BCUT2D eigenvalue weighted by Crippen LogP contribution is 2.31. The van der Waals surface area contributed by atoms with Gasteiger partial charge in [-0.1, -0.05) is 0 Å². The molecule has 0 heterocycles. The van der Waals surface area contributed by atoms with Crippen LogP contribution in [0, 0.1) is 0 Å². The molecule has 0 aromatic rings. The SMILES string of the molecule is OC(O)C(O)(O)C(O)(O)C(O)(O)C(O)O. The predicted molar refractivity (Wildman–Crippen MR) is 38.0 cm³/mol. The van der Waals surface area contributed by atoms with Gasteiger partial charge in [0.05, 0.1) is 0 Å². The molecule has 0 spiro atoms. The van der Waals surface area contributed by atoms with E-state index in [-0.39, 0.29) is 0 Å². The van der Waals surface area contributed by atoms with Gasteiger partial charge < -0.3 is 51.1 Å². The standard InChI is InChI=1S/C5H12O10/c6-1(7)3(10,11)5(14,15)4(12,13)2(8)9/h1-2,6-15H. The quantitative estimate of drug-likeness (QED) is 0.207. The van der Waals surface area contributed by atoms with Gasteiger partial charge in [-0.2, -0.15) is 0 Å². The van der Waals surface area contributed by atoms with Crippen molar-refractivity contribution in [3.05, 3.63) is 0 Å². The van der Waals surface area contributed by atoms with Crippen molar-refractivity contribution in [3.63, 3.8) is 0 Å². The van der Waals surface area contributed by atoms with E-state index >= 15 is 0 Å².